The first-order chi connectivity index (χ1) is 9.38. The Labute approximate surface area is 110 Å². The van der Waals surface area contributed by atoms with Crippen LogP contribution in [0.5, 0.6) is 0 Å². The van der Waals surface area contributed by atoms with Gasteiger partial charge in [0.25, 0.3) is 0 Å². The predicted molar refractivity (Wildman–Crippen MR) is 71.8 cm³/mol. The Hall–Kier alpha value is -2.31. The van der Waals surface area contributed by atoms with Crippen LogP contribution in [0.2, 0.25) is 0 Å². The fourth-order valence-electron chi connectivity index (χ4n) is 2.07. The molecule has 6 heteroatoms. The number of hydrazine groups is 1. The summed E-state index contributed by atoms with van der Waals surface area (Å²) in [6.07, 6.45) is 6.82. The maximum absolute atomic E-state index is 5.61. The van der Waals surface area contributed by atoms with Crippen molar-refractivity contribution >= 4 is 11.0 Å². The van der Waals surface area contributed by atoms with Crippen molar-refractivity contribution in [2.45, 2.75) is 12.6 Å². The number of nitrogens with two attached hydrogens (primary N) is 1. The van der Waals surface area contributed by atoms with Crippen molar-refractivity contribution in [2.24, 2.45) is 5.84 Å². The Morgan fingerprint density at radius 1 is 1.21 bits per heavy atom. The van der Waals surface area contributed by atoms with Gasteiger partial charge in [0.15, 0.2) is 0 Å². The summed E-state index contributed by atoms with van der Waals surface area (Å²) in [5.74, 6) is 5.61. The molecule has 0 aliphatic rings. The lowest BCUT2D eigenvalue weighted by Crippen LogP contribution is -2.31. The molecule has 2 aromatic heterocycles. The summed E-state index contributed by atoms with van der Waals surface area (Å²) >= 11 is 0. The molecule has 1 atom stereocenters. The summed E-state index contributed by atoms with van der Waals surface area (Å²) < 4.78 is 2.05. The normalized spacial score (nSPS) is 12.7. The van der Waals surface area contributed by atoms with Crippen LogP contribution in [0.1, 0.15) is 11.7 Å². The van der Waals surface area contributed by atoms with Crippen LogP contribution in [-0.4, -0.2) is 19.5 Å². The molecule has 0 aliphatic heterocycles. The van der Waals surface area contributed by atoms with E-state index in [9.17, 15) is 0 Å². The van der Waals surface area contributed by atoms with Gasteiger partial charge < -0.3 is 4.57 Å². The van der Waals surface area contributed by atoms with Gasteiger partial charge in [-0.3, -0.25) is 15.8 Å². The van der Waals surface area contributed by atoms with E-state index < -0.39 is 0 Å². The van der Waals surface area contributed by atoms with Gasteiger partial charge in [0.05, 0.1) is 35.3 Å². The molecular weight excluding hydrogens is 240 g/mol. The van der Waals surface area contributed by atoms with E-state index in [0.29, 0.717) is 6.54 Å². The molecule has 0 spiro atoms. The molecule has 0 bridgehead atoms. The van der Waals surface area contributed by atoms with Crippen molar-refractivity contribution in [3.63, 3.8) is 0 Å². The minimum Gasteiger partial charge on any atom is -0.329 e. The number of hydrogen-bond donors (Lipinski definition) is 2. The van der Waals surface area contributed by atoms with Gasteiger partial charge in [-0.05, 0) is 12.1 Å². The number of aromatic nitrogens is 4. The van der Waals surface area contributed by atoms with Crippen molar-refractivity contribution in [2.75, 3.05) is 0 Å². The zero-order valence-corrected chi connectivity index (χ0v) is 10.3. The summed E-state index contributed by atoms with van der Waals surface area (Å²) in [5, 5.41) is 0. The molecule has 96 valence electrons. The molecule has 3 N–H and O–H groups in total. The van der Waals surface area contributed by atoms with Gasteiger partial charge in [0, 0.05) is 18.9 Å². The van der Waals surface area contributed by atoms with E-state index in [1.54, 1.807) is 18.6 Å². The zero-order valence-electron chi connectivity index (χ0n) is 10.3. The molecule has 0 fully saturated rings. The number of rotatable bonds is 4. The lowest BCUT2D eigenvalue weighted by atomic mass is 10.2. The Morgan fingerprint density at radius 3 is 2.89 bits per heavy atom. The van der Waals surface area contributed by atoms with E-state index in [-0.39, 0.29) is 6.04 Å². The van der Waals surface area contributed by atoms with Crippen LogP contribution in [0.3, 0.4) is 0 Å². The van der Waals surface area contributed by atoms with Crippen molar-refractivity contribution < 1.29 is 0 Å². The number of nitrogens with one attached hydrogen (secondary N) is 1. The third-order valence-corrected chi connectivity index (χ3v) is 3.05. The van der Waals surface area contributed by atoms with Crippen molar-refractivity contribution in [3.05, 3.63) is 54.9 Å². The minimum absolute atomic E-state index is 0.105. The Bertz CT molecular complexity index is 663. The highest BCUT2D eigenvalue weighted by Crippen LogP contribution is 2.16. The minimum atomic E-state index is -0.105. The van der Waals surface area contributed by atoms with Gasteiger partial charge >= 0.3 is 0 Å². The van der Waals surface area contributed by atoms with Gasteiger partial charge in [-0.1, -0.05) is 12.1 Å². The predicted octanol–water partition coefficient (Wildman–Crippen LogP) is 1.03. The number of imidazole rings is 1. The molecule has 3 rings (SSSR count). The SMILES string of the molecule is NNC(Cn1cnc2ccccc21)c1cnccn1. The van der Waals surface area contributed by atoms with E-state index in [2.05, 4.69) is 24.9 Å². The fraction of sp³-hybridized carbons (Fsp3) is 0.154. The molecular formula is C13H14N6. The second-order valence-electron chi connectivity index (χ2n) is 4.24. The second-order valence-corrected chi connectivity index (χ2v) is 4.24. The molecule has 0 amide bonds. The summed E-state index contributed by atoms with van der Waals surface area (Å²) in [6.45, 7) is 0.649. The molecule has 0 saturated heterocycles. The number of hydrogen-bond acceptors (Lipinski definition) is 5. The average Bonchev–Trinajstić information content (AvgIpc) is 2.89. The highest BCUT2D eigenvalue weighted by Gasteiger charge is 2.13. The largest absolute Gasteiger partial charge is 0.329 e. The van der Waals surface area contributed by atoms with E-state index in [1.807, 2.05) is 30.6 Å². The molecule has 1 aromatic carbocycles. The van der Waals surface area contributed by atoms with Crippen LogP contribution in [0.15, 0.2) is 49.2 Å². The third kappa shape index (κ3) is 2.31. The second kappa shape index (κ2) is 5.13. The highest BCUT2D eigenvalue weighted by molar-refractivity contribution is 5.74. The van der Waals surface area contributed by atoms with Crippen LogP contribution in [0.25, 0.3) is 11.0 Å². The molecule has 2 heterocycles. The monoisotopic (exact) mass is 254 g/mol. The van der Waals surface area contributed by atoms with E-state index in [1.165, 1.54) is 0 Å². The van der Waals surface area contributed by atoms with Gasteiger partial charge in [-0.15, -0.1) is 0 Å². The number of para-hydroxylation sites is 2. The number of nitrogens with zero attached hydrogens (tertiary/aromatic N) is 4. The first-order valence-corrected chi connectivity index (χ1v) is 6.00. The standard InChI is InChI=1S/C13H14N6/c14-18-12(11-7-15-5-6-16-11)8-19-9-17-10-3-1-2-4-13(10)19/h1-7,9,12,18H,8,14H2. The summed E-state index contributed by atoms with van der Waals surface area (Å²) in [6, 6.07) is 7.88. The molecule has 19 heavy (non-hydrogen) atoms. The average molecular weight is 254 g/mol. The number of benzene rings is 1. The van der Waals surface area contributed by atoms with Crippen molar-refractivity contribution in [1.29, 1.82) is 0 Å². The van der Waals surface area contributed by atoms with Crippen LogP contribution in [0.4, 0.5) is 0 Å². The maximum Gasteiger partial charge on any atom is 0.0958 e. The van der Waals surface area contributed by atoms with Crippen molar-refractivity contribution in [1.82, 2.24) is 24.9 Å². The smallest absolute Gasteiger partial charge is 0.0958 e. The first kappa shape index (κ1) is 11.8. The van der Waals surface area contributed by atoms with Crippen LogP contribution >= 0.6 is 0 Å². The summed E-state index contributed by atoms with van der Waals surface area (Å²) in [5.41, 5.74) is 5.62. The first-order valence-electron chi connectivity index (χ1n) is 6.00. The van der Waals surface area contributed by atoms with Gasteiger partial charge in [0.1, 0.15) is 0 Å². The lowest BCUT2D eigenvalue weighted by Gasteiger charge is -2.15. The Kier molecular flexibility index (Phi) is 3.18. The number of fused-ring (bicyclic) bond motifs is 1. The molecule has 0 radical (unpaired) electrons. The Morgan fingerprint density at radius 2 is 2.11 bits per heavy atom. The molecule has 3 aromatic rings. The highest BCUT2D eigenvalue weighted by atomic mass is 15.3. The van der Waals surface area contributed by atoms with Gasteiger partial charge in [0.2, 0.25) is 0 Å². The maximum atomic E-state index is 5.61. The van der Waals surface area contributed by atoms with Crippen molar-refractivity contribution in [3.8, 4) is 0 Å². The quantitative estimate of drug-likeness (QED) is 0.537. The molecule has 0 aliphatic carbocycles. The van der Waals surface area contributed by atoms with Gasteiger partial charge in [-0.25, -0.2) is 10.4 Å². The van der Waals surface area contributed by atoms with E-state index in [4.69, 9.17) is 5.84 Å². The third-order valence-electron chi connectivity index (χ3n) is 3.05. The lowest BCUT2D eigenvalue weighted by molar-refractivity contribution is 0.470. The topological polar surface area (TPSA) is 81.6 Å². The van der Waals surface area contributed by atoms with E-state index in [0.717, 1.165) is 16.7 Å². The Balaban J connectivity index is 1.91. The van der Waals surface area contributed by atoms with Gasteiger partial charge in [-0.2, -0.15) is 0 Å². The molecule has 0 saturated carbocycles. The van der Waals surface area contributed by atoms with Crippen LogP contribution in [-0.2, 0) is 6.54 Å². The summed E-state index contributed by atoms with van der Waals surface area (Å²) in [7, 11) is 0. The zero-order chi connectivity index (χ0) is 13.1. The molecule has 6 nitrogen and oxygen atoms in total. The summed E-state index contributed by atoms with van der Waals surface area (Å²) in [4.78, 5) is 12.7. The fourth-order valence-corrected chi connectivity index (χ4v) is 2.07. The molecule has 1 unspecified atom stereocenters. The van der Waals surface area contributed by atoms with E-state index >= 15 is 0 Å². The van der Waals surface area contributed by atoms with Crippen LogP contribution < -0.4 is 11.3 Å². The van der Waals surface area contributed by atoms with Crippen LogP contribution in [0, 0.1) is 0 Å².